The summed E-state index contributed by atoms with van der Waals surface area (Å²) in [5, 5.41) is 0.163. The van der Waals surface area contributed by atoms with Crippen LogP contribution in [-0.2, 0) is 6.42 Å². The largest absolute Gasteiger partial charge is 0.330 e. The summed E-state index contributed by atoms with van der Waals surface area (Å²) in [6.07, 6.45) is 0.534. The quantitative estimate of drug-likeness (QED) is 0.786. The van der Waals surface area contributed by atoms with Crippen molar-refractivity contribution in [2.24, 2.45) is 5.73 Å². The Morgan fingerprint density at radius 3 is 2.54 bits per heavy atom. The van der Waals surface area contributed by atoms with Gasteiger partial charge in [-0.15, -0.1) is 0 Å². The molecule has 74 valence electrons. The maximum absolute atomic E-state index is 13.0. The lowest BCUT2D eigenvalue weighted by atomic mass is 10.1. The summed E-state index contributed by atoms with van der Waals surface area (Å²) in [4.78, 5) is 0. The molecule has 0 fully saturated rings. The number of halogens is 2. The first-order valence-electron chi connectivity index (χ1n) is 4.38. The Hall–Kier alpha value is -0.600. The Balaban J connectivity index is 0.000000671. The Morgan fingerprint density at radius 2 is 2.00 bits per heavy atom. The summed E-state index contributed by atoms with van der Waals surface area (Å²) in [5.74, 6) is -0.348. The first-order valence-corrected chi connectivity index (χ1v) is 4.76. The lowest BCUT2D eigenvalue weighted by molar-refractivity contribution is 0.610. The maximum atomic E-state index is 13.0. The van der Waals surface area contributed by atoms with Gasteiger partial charge in [0.2, 0.25) is 0 Å². The molecule has 2 N–H and O–H groups in total. The summed E-state index contributed by atoms with van der Waals surface area (Å²) < 4.78 is 13.0. The second-order valence-corrected chi connectivity index (χ2v) is 2.66. The van der Waals surface area contributed by atoms with Crippen molar-refractivity contribution in [3.63, 3.8) is 0 Å². The Bertz CT molecular complexity index is 251. The van der Waals surface area contributed by atoms with E-state index in [0.717, 1.165) is 0 Å². The average molecular weight is 204 g/mol. The van der Waals surface area contributed by atoms with Crippen LogP contribution in [0.15, 0.2) is 18.2 Å². The molecule has 0 saturated carbocycles. The molecule has 0 aliphatic carbocycles. The lowest BCUT2D eigenvalue weighted by Gasteiger charge is -2.00. The molecular weight excluding hydrogens is 189 g/mol. The van der Waals surface area contributed by atoms with Crippen molar-refractivity contribution in [2.45, 2.75) is 20.3 Å². The minimum atomic E-state index is -0.348. The van der Waals surface area contributed by atoms with E-state index in [2.05, 4.69) is 0 Å². The molecule has 0 saturated heterocycles. The van der Waals surface area contributed by atoms with Gasteiger partial charge in [0.1, 0.15) is 5.82 Å². The SMILES string of the molecule is CC.NCCc1cccc(Cl)c1F. The van der Waals surface area contributed by atoms with Crippen LogP contribution >= 0.6 is 11.6 Å². The zero-order chi connectivity index (χ0) is 10.3. The highest BCUT2D eigenvalue weighted by atomic mass is 35.5. The minimum absolute atomic E-state index is 0.163. The molecule has 0 aromatic heterocycles. The number of hydrogen-bond acceptors (Lipinski definition) is 1. The van der Waals surface area contributed by atoms with Crippen LogP contribution in [-0.4, -0.2) is 6.54 Å². The summed E-state index contributed by atoms with van der Waals surface area (Å²) >= 11 is 5.53. The van der Waals surface area contributed by atoms with E-state index in [1.165, 1.54) is 6.07 Å². The van der Waals surface area contributed by atoms with Crippen LogP contribution < -0.4 is 5.73 Å². The fraction of sp³-hybridized carbons (Fsp3) is 0.400. The maximum Gasteiger partial charge on any atom is 0.145 e. The van der Waals surface area contributed by atoms with E-state index >= 15 is 0 Å². The molecule has 1 rings (SSSR count). The molecule has 0 aliphatic rings. The molecule has 1 aromatic rings. The summed E-state index contributed by atoms with van der Waals surface area (Å²) in [5.41, 5.74) is 5.85. The second-order valence-electron chi connectivity index (χ2n) is 2.25. The number of rotatable bonds is 2. The van der Waals surface area contributed by atoms with Crippen molar-refractivity contribution in [1.29, 1.82) is 0 Å². The molecule has 0 heterocycles. The molecule has 0 spiro atoms. The van der Waals surface area contributed by atoms with E-state index in [0.29, 0.717) is 18.5 Å². The van der Waals surface area contributed by atoms with Gasteiger partial charge in [-0.1, -0.05) is 37.6 Å². The summed E-state index contributed by atoms with van der Waals surface area (Å²) in [7, 11) is 0. The first-order chi connectivity index (χ1) is 6.25. The van der Waals surface area contributed by atoms with Gasteiger partial charge in [-0.25, -0.2) is 4.39 Å². The first kappa shape index (κ1) is 12.4. The van der Waals surface area contributed by atoms with E-state index in [4.69, 9.17) is 17.3 Å². The van der Waals surface area contributed by atoms with Gasteiger partial charge in [0.05, 0.1) is 5.02 Å². The molecule has 0 aliphatic heterocycles. The monoisotopic (exact) mass is 203 g/mol. The fourth-order valence-corrected chi connectivity index (χ4v) is 1.09. The van der Waals surface area contributed by atoms with Crippen molar-refractivity contribution in [2.75, 3.05) is 6.54 Å². The van der Waals surface area contributed by atoms with E-state index < -0.39 is 0 Å². The number of nitrogens with two attached hydrogens (primary N) is 1. The highest BCUT2D eigenvalue weighted by Crippen LogP contribution is 2.17. The van der Waals surface area contributed by atoms with Crippen molar-refractivity contribution in [3.8, 4) is 0 Å². The third-order valence-electron chi connectivity index (χ3n) is 1.45. The minimum Gasteiger partial charge on any atom is -0.330 e. The molecule has 0 amide bonds. The second kappa shape index (κ2) is 6.87. The fourth-order valence-electron chi connectivity index (χ4n) is 0.897. The molecule has 1 nitrogen and oxygen atoms in total. The standard InChI is InChI=1S/C8H9ClFN.C2H6/c9-7-3-1-2-6(4-5-11)8(7)10;1-2/h1-3H,4-5,11H2;1-2H3. The molecule has 0 atom stereocenters. The molecule has 0 radical (unpaired) electrons. The van der Waals surface area contributed by atoms with E-state index in [1.807, 2.05) is 13.8 Å². The highest BCUT2D eigenvalue weighted by Gasteiger charge is 2.03. The van der Waals surface area contributed by atoms with Gasteiger partial charge in [-0.3, -0.25) is 0 Å². The molecule has 0 bridgehead atoms. The van der Waals surface area contributed by atoms with Crippen LogP contribution in [0.3, 0.4) is 0 Å². The van der Waals surface area contributed by atoms with Crippen LogP contribution in [0.5, 0.6) is 0 Å². The predicted molar refractivity (Wildman–Crippen MR) is 55.5 cm³/mol. The third kappa shape index (κ3) is 3.75. The molecule has 0 unspecified atom stereocenters. The van der Waals surface area contributed by atoms with Gasteiger partial charge in [0, 0.05) is 0 Å². The normalized spacial score (nSPS) is 9.00. The Morgan fingerprint density at radius 1 is 1.38 bits per heavy atom. The van der Waals surface area contributed by atoms with E-state index in [-0.39, 0.29) is 10.8 Å². The Labute approximate surface area is 83.7 Å². The number of benzene rings is 1. The van der Waals surface area contributed by atoms with Crippen molar-refractivity contribution < 1.29 is 4.39 Å². The van der Waals surface area contributed by atoms with Crippen LogP contribution in [0.4, 0.5) is 4.39 Å². The zero-order valence-electron chi connectivity index (χ0n) is 7.98. The zero-order valence-corrected chi connectivity index (χ0v) is 8.74. The smallest absolute Gasteiger partial charge is 0.145 e. The molecular formula is C10H15ClFN. The highest BCUT2D eigenvalue weighted by molar-refractivity contribution is 6.30. The van der Waals surface area contributed by atoms with Gasteiger partial charge in [0.25, 0.3) is 0 Å². The van der Waals surface area contributed by atoms with Crippen molar-refractivity contribution >= 4 is 11.6 Å². The van der Waals surface area contributed by atoms with Crippen LogP contribution in [0.1, 0.15) is 19.4 Å². The molecule has 1 aromatic carbocycles. The van der Waals surface area contributed by atoms with Gasteiger partial charge < -0.3 is 5.73 Å². The van der Waals surface area contributed by atoms with E-state index in [9.17, 15) is 4.39 Å². The van der Waals surface area contributed by atoms with Crippen LogP contribution in [0.2, 0.25) is 5.02 Å². The third-order valence-corrected chi connectivity index (χ3v) is 1.74. The summed E-state index contributed by atoms with van der Waals surface area (Å²) in [6.45, 7) is 4.44. The van der Waals surface area contributed by atoms with Crippen LogP contribution in [0.25, 0.3) is 0 Å². The lowest BCUT2D eigenvalue weighted by Crippen LogP contribution is -2.04. The van der Waals surface area contributed by atoms with Gasteiger partial charge in [0.15, 0.2) is 0 Å². The Kier molecular flexibility index (Phi) is 6.55. The number of hydrogen-bond donors (Lipinski definition) is 1. The van der Waals surface area contributed by atoms with Crippen molar-refractivity contribution in [1.82, 2.24) is 0 Å². The average Bonchev–Trinajstić information content (AvgIpc) is 2.17. The van der Waals surface area contributed by atoms with Crippen LogP contribution in [0, 0.1) is 5.82 Å². The van der Waals surface area contributed by atoms with Gasteiger partial charge in [-0.05, 0) is 24.6 Å². The topological polar surface area (TPSA) is 26.0 Å². The predicted octanol–water partition coefficient (Wildman–Crippen LogP) is 3.01. The summed E-state index contributed by atoms with van der Waals surface area (Å²) in [6, 6.07) is 4.93. The van der Waals surface area contributed by atoms with Gasteiger partial charge in [-0.2, -0.15) is 0 Å². The van der Waals surface area contributed by atoms with E-state index in [1.54, 1.807) is 12.1 Å². The van der Waals surface area contributed by atoms with Crippen molar-refractivity contribution in [3.05, 3.63) is 34.6 Å². The van der Waals surface area contributed by atoms with Gasteiger partial charge >= 0.3 is 0 Å². The molecule has 13 heavy (non-hydrogen) atoms. The molecule has 3 heteroatoms.